The van der Waals surface area contributed by atoms with Crippen molar-refractivity contribution in [2.45, 2.75) is 33.2 Å². The van der Waals surface area contributed by atoms with E-state index in [0.29, 0.717) is 30.9 Å². The number of nitrogens with one attached hydrogen (secondary N) is 1. The summed E-state index contributed by atoms with van der Waals surface area (Å²) in [5.74, 6) is 0.565. The van der Waals surface area contributed by atoms with Crippen LogP contribution in [0.5, 0.6) is 5.75 Å². The predicted octanol–water partition coefficient (Wildman–Crippen LogP) is 4.55. The van der Waals surface area contributed by atoms with Crippen LogP contribution in [0.25, 0.3) is 0 Å². The fourth-order valence-corrected chi connectivity index (χ4v) is 2.48. The number of aryl methyl sites for hydroxylation is 1. The lowest BCUT2D eigenvalue weighted by molar-refractivity contribution is -0.274. The van der Waals surface area contributed by atoms with Crippen molar-refractivity contribution in [2.75, 3.05) is 11.9 Å². The topological polar surface area (TPSA) is 55.6 Å². The fraction of sp³-hybridized carbons (Fsp3) is 0.333. The number of nitrogens with zero attached hydrogens (tertiary/aromatic N) is 2. The van der Waals surface area contributed by atoms with Gasteiger partial charge in [-0.2, -0.15) is 0 Å². The third-order valence-electron chi connectivity index (χ3n) is 3.55. The first-order valence-electron chi connectivity index (χ1n) is 8.12. The van der Waals surface area contributed by atoms with Gasteiger partial charge in [0.25, 0.3) is 0 Å². The van der Waals surface area contributed by atoms with Gasteiger partial charge < -0.3 is 19.4 Å². The lowest BCUT2D eigenvalue weighted by Gasteiger charge is -2.12. The summed E-state index contributed by atoms with van der Waals surface area (Å²) in [4.78, 5) is 15.1. The van der Waals surface area contributed by atoms with Gasteiger partial charge in [-0.3, -0.25) is 4.99 Å². The number of hydrogen-bond donors (Lipinski definition) is 1. The standard InChI is InChI=1S/C18H20F3N3O2/c1-3-22-17-16(9-11-24(17)10-4-12-25)13(2)23-14-5-7-15(8-6-14)26-18(19,20)21/h5-9,11-12,22H,3-4,10H2,1-2H3. The molecule has 1 heterocycles. The molecule has 2 rings (SSSR count). The lowest BCUT2D eigenvalue weighted by Crippen LogP contribution is -2.16. The predicted molar refractivity (Wildman–Crippen MR) is 94.3 cm³/mol. The molecule has 0 fully saturated rings. The third-order valence-corrected chi connectivity index (χ3v) is 3.55. The average molecular weight is 367 g/mol. The Morgan fingerprint density at radius 3 is 2.54 bits per heavy atom. The van der Waals surface area contributed by atoms with Gasteiger partial charge in [-0.05, 0) is 44.2 Å². The normalized spacial score (nSPS) is 12.1. The highest BCUT2D eigenvalue weighted by Crippen LogP contribution is 2.26. The quantitative estimate of drug-likeness (QED) is 0.550. The summed E-state index contributed by atoms with van der Waals surface area (Å²) >= 11 is 0. The van der Waals surface area contributed by atoms with Crippen molar-refractivity contribution in [3.63, 3.8) is 0 Å². The van der Waals surface area contributed by atoms with Crippen LogP contribution in [0.4, 0.5) is 24.7 Å². The Balaban J connectivity index is 2.23. The first-order chi connectivity index (χ1) is 12.3. The number of carbonyl (C=O) groups is 1. The summed E-state index contributed by atoms with van der Waals surface area (Å²) in [6.45, 7) is 5.05. The van der Waals surface area contributed by atoms with Gasteiger partial charge in [-0.15, -0.1) is 13.2 Å². The van der Waals surface area contributed by atoms with E-state index in [0.717, 1.165) is 17.7 Å². The average Bonchev–Trinajstić information content (AvgIpc) is 2.96. The number of aldehydes is 1. The second-order valence-corrected chi connectivity index (χ2v) is 5.50. The first-order valence-corrected chi connectivity index (χ1v) is 8.12. The summed E-state index contributed by atoms with van der Waals surface area (Å²) < 4.78 is 42.4. The summed E-state index contributed by atoms with van der Waals surface area (Å²) in [6.07, 6.45) is -1.58. The lowest BCUT2D eigenvalue weighted by atomic mass is 10.2. The monoisotopic (exact) mass is 367 g/mol. The van der Waals surface area contributed by atoms with Gasteiger partial charge in [0.1, 0.15) is 17.9 Å². The van der Waals surface area contributed by atoms with Crippen molar-refractivity contribution < 1.29 is 22.7 Å². The molecular formula is C18H20F3N3O2. The molecule has 1 aromatic carbocycles. The number of hydrogen-bond acceptors (Lipinski definition) is 4. The molecule has 0 saturated heterocycles. The van der Waals surface area contributed by atoms with E-state index in [9.17, 15) is 18.0 Å². The second kappa shape index (κ2) is 8.55. The van der Waals surface area contributed by atoms with Crippen LogP contribution in [-0.4, -0.2) is 29.5 Å². The first kappa shape index (κ1) is 19.6. The zero-order chi connectivity index (χ0) is 19.2. The van der Waals surface area contributed by atoms with E-state index in [1.54, 1.807) is 0 Å². The summed E-state index contributed by atoms with van der Waals surface area (Å²) in [6, 6.07) is 7.25. The molecule has 5 nitrogen and oxygen atoms in total. The Hall–Kier alpha value is -2.77. The maximum absolute atomic E-state index is 12.2. The minimum absolute atomic E-state index is 0.289. The molecule has 0 bridgehead atoms. The summed E-state index contributed by atoms with van der Waals surface area (Å²) in [5, 5.41) is 3.26. The van der Waals surface area contributed by atoms with E-state index in [-0.39, 0.29) is 5.75 Å². The molecule has 1 aromatic heterocycles. The van der Waals surface area contributed by atoms with E-state index >= 15 is 0 Å². The van der Waals surface area contributed by atoms with Crippen molar-refractivity contribution in [2.24, 2.45) is 4.99 Å². The molecule has 8 heteroatoms. The van der Waals surface area contributed by atoms with Crippen molar-refractivity contribution in [3.05, 3.63) is 42.1 Å². The van der Waals surface area contributed by atoms with Gasteiger partial charge in [-0.1, -0.05) is 0 Å². The molecule has 0 radical (unpaired) electrons. The van der Waals surface area contributed by atoms with E-state index in [4.69, 9.17) is 0 Å². The number of anilines is 1. The van der Waals surface area contributed by atoms with Crippen LogP contribution in [0.3, 0.4) is 0 Å². The van der Waals surface area contributed by atoms with Gasteiger partial charge >= 0.3 is 6.36 Å². The Bertz CT molecular complexity index is 765. The smallest absolute Gasteiger partial charge is 0.406 e. The molecule has 0 amide bonds. The molecule has 2 aromatic rings. The van der Waals surface area contributed by atoms with Gasteiger partial charge in [0.15, 0.2) is 0 Å². The van der Waals surface area contributed by atoms with Crippen LogP contribution in [0.1, 0.15) is 25.8 Å². The molecule has 0 spiro atoms. The van der Waals surface area contributed by atoms with Crippen LogP contribution in [0.2, 0.25) is 0 Å². The number of aliphatic imine (C=N–C) groups is 1. The molecule has 0 atom stereocenters. The van der Waals surface area contributed by atoms with Gasteiger partial charge in [0, 0.05) is 37.0 Å². The Kier molecular flexibility index (Phi) is 6.43. The number of rotatable bonds is 8. The maximum Gasteiger partial charge on any atom is 0.573 e. The van der Waals surface area contributed by atoms with E-state index in [2.05, 4.69) is 15.0 Å². The van der Waals surface area contributed by atoms with Crippen molar-refractivity contribution in [3.8, 4) is 5.75 Å². The minimum atomic E-state index is -4.72. The number of halogens is 3. The SMILES string of the molecule is CCNc1c(C(C)=Nc2ccc(OC(F)(F)F)cc2)ccn1CCC=O. The summed E-state index contributed by atoms with van der Waals surface area (Å²) in [7, 11) is 0. The zero-order valence-corrected chi connectivity index (χ0v) is 14.5. The molecule has 0 aliphatic heterocycles. The number of benzene rings is 1. The van der Waals surface area contributed by atoms with Crippen LogP contribution in [-0.2, 0) is 11.3 Å². The Morgan fingerprint density at radius 1 is 1.27 bits per heavy atom. The van der Waals surface area contributed by atoms with Crippen molar-refractivity contribution >= 4 is 23.5 Å². The minimum Gasteiger partial charge on any atom is -0.406 e. The van der Waals surface area contributed by atoms with Crippen LogP contribution < -0.4 is 10.1 Å². The highest BCUT2D eigenvalue weighted by atomic mass is 19.4. The number of carbonyl (C=O) groups excluding carboxylic acids is 1. The van der Waals surface area contributed by atoms with Gasteiger partial charge in [0.2, 0.25) is 0 Å². The highest BCUT2D eigenvalue weighted by Gasteiger charge is 2.30. The number of alkyl halides is 3. The van der Waals surface area contributed by atoms with Crippen LogP contribution in [0.15, 0.2) is 41.5 Å². The zero-order valence-electron chi connectivity index (χ0n) is 14.5. The van der Waals surface area contributed by atoms with Crippen LogP contribution >= 0.6 is 0 Å². The molecule has 0 aliphatic carbocycles. The Labute approximate surface area is 149 Å². The van der Waals surface area contributed by atoms with E-state index < -0.39 is 6.36 Å². The van der Waals surface area contributed by atoms with Crippen LogP contribution in [0, 0.1) is 0 Å². The molecule has 1 N–H and O–H groups in total. The molecule has 0 aliphatic rings. The molecule has 140 valence electrons. The molecule has 0 saturated carbocycles. The van der Waals surface area contributed by atoms with Crippen molar-refractivity contribution in [1.82, 2.24) is 4.57 Å². The fourth-order valence-electron chi connectivity index (χ4n) is 2.48. The maximum atomic E-state index is 12.2. The molecular weight excluding hydrogens is 347 g/mol. The number of ether oxygens (including phenoxy) is 1. The van der Waals surface area contributed by atoms with E-state index in [1.165, 1.54) is 24.3 Å². The van der Waals surface area contributed by atoms with Crippen molar-refractivity contribution in [1.29, 1.82) is 0 Å². The Morgan fingerprint density at radius 2 is 1.96 bits per heavy atom. The van der Waals surface area contributed by atoms with E-state index in [1.807, 2.05) is 30.7 Å². The third kappa shape index (κ3) is 5.37. The molecule has 0 unspecified atom stereocenters. The van der Waals surface area contributed by atoms with Gasteiger partial charge in [-0.25, -0.2) is 0 Å². The summed E-state index contributed by atoms with van der Waals surface area (Å²) in [5.41, 5.74) is 2.09. The second-order valence-electron chi connectivity index (χ2n) is 5.50. The number of aromatic nitrogens is 1. The molecule has 26 heavy (non-hydrogen) atoms. The van der Waals surface area contributed by atoms with Gasteiger partial charge in [0.05, 0.1) is 5.69 Å². The largest absolute Gasteiger partial charge is 0.573 e. The highest BCUT2D eigenvalue weighted by molar-refractivity contribution is 6.04.